The van der Waals surface area contributed by atoms with Gasteiger partial charge in [0.25, 0.3) is 0 Å². The highest BCUT2D eigenvalue weighted by atomic mass is 16.5. The quantitative estimate of drug-likeness (QED) is 0.540. The number of unbranched alkanes of at least 4 members (excludes halogenated alkanes) is 1. The molecule has 0 radical (unpaired) electrons. The summed E-state index contributed by atoms with van der Waals surface area (Å²) in [6.07, 6.45) is 7.44. The van der Waals surface area contributed by atoms with Crippen LogP contribution in [0.15, 0.2) is 0 Å². The predicted octanol–water partition coefficient (Wildman–Crippen LogP) is 1.10. The highest BCUT2D eigenvalue weighted by Crippen LogP contribution is 2.07. The third-order valence-corrected chi connectivity index (χ3v) is 2.95. The van der Waals surface area contributed by atoms with Crippen LogP contribution in [-0.4, -0.2) is 49.8 Å². The van der Waals surface area contributed by atoms with Gasteiger partial charge < -0.3 is 10.1 Å². The first-order valence-electron chi connectivity index (χ1n) is 6.24. The molecule has 1 atom stereocenters. The topological polar surface area (TPSA) is 24.5 Å². The molecule has 1 N–H and O–H groups in total. The maximum absolute atomic E-state index is 5.72. The zero-order chi connectivity index (χ0) is 11.8. The summed E-state index contributed by atoms with van der Waals surface area (Å²) in [5.74, 6) is 2.65. The van der Waals surface area contributed by atoms with E-state index in [0.717, 1.165) is 45.6 Å². The van der Waals surface area contributed by atoms with Crippen LogP contribution < -0.4 is 5.32 Å². The summed E-state index contributed by atoms with van der Waals surface area (Å²) < 4.78 is 5.72. The Morgan fingerprint density at radius 1 is 1.56 bits per heavy atom. The van der Waals surface area contributed by atoms with Gasteiger partial charge in [0.05, 0.1) is 12.7 Å². The van der Waals surface area contributed by atoms with Gasteiger partial charge in [0.1, 0.15) is 0 Å². The third-order valence-electron chi connectivity index (χ3n) is 2.95. The Balaban J connectivity index is 2.10. The van der Waals surface area contributed by atoms with Crippen molar-refractivity contribution in [3.63, 3.8) is 0 Å². The van der Waals surface area contributed by atoms with Crippen molar-refractivity contribution in [1.29, 1.82) is 0 Å². The fourth-order valence-corrected chi connectivity index (χ4v) is 1.91. The van der Waals surface area contributed by atoms with Crippen molar-refractivity contribution >= 4 is 0 Å². The molecule has 0 aromatic carbocycles. The maximum Gasteiger partial charge on any atom is 0.0826 e. The second-order valence-electron chi connectivity index (χ2n) is 4.59. The minimum absolute atomic E-state index is 0.335. The van der Waals surface area contributed by atoms with E-state index in [4.69, 9.17) is 11.2 Å². The number of rotatable bonds is 6. The summed E-state index contributed by atoms with van der Waals surface area (Å²) in [4.78, 5) is 2.47. The molecule has 16 heavy (non-hydrogen) atoms. The molecule has 0 amide bonds. The molecule has 0 saturated carbocycles. The van der Waals surface area contributed by atoms with Gasteiger partial charge in [-0.15, -0.1) is 12.3 Å². The van der Waals surface area contributed by atoms with E-state index in [2.05, 4.69) is 30.0 Å². The number of ether oxygens (including phenoxy) is 1. The Bertz CT molecular complexity index is 222. The molecule has 1 unspecified atom stereocenters. The van der Waals surface area contributed by atoms with Crippen molar-refractivity contribution in [3.05, 3.63) is 0 Å². The number of nitrogens with zero attached hydrogens (tertiary/aromatic N) is 1. The first-order chi connectivity index (χ1) is 7.74. The molecule has 0 aromatic rings. The smallest absolute Gasteiger partial charge is 0.0826 e. The van der Waals surface area contributed by atoms with Crippen LogP contribution in [0.1, 0.15) is 26.7 Å². The lowest BCUT2D eigenvalue weighted by molar-refractivity contribution is -0.0370. The van der Waals surface area contributed by atoms with E-state index in [-0.39, 0.29) is 0 Å². The van der Waals surface area contributed by atoms with E-state index in [1.807, 2.05) is 0 Å². The SMILES string of the molecule is C#CCCCNCC1CN(C(C)C)CCO1. The lowest BCUT2D eigenvalue weighted by Crippen LogP contribution is -2.49. The van der Waals surface area contributed by atoms with Crippen LogP contribution >= 0.6 is 0 Å². The lowest BCUT2D eigenvalue weighted by Gasteiger charge is -2.35. The van der Waals surface area contributed by atoms with Gasteiger partial charge >= 0.3 is 0 Å². The van der Waals surface area contributed by atoms with Crippen LogP contribution in [0.4, 0.5) is 0 Å². The minimum atomic E-state index is 0.335. The van der Waals surface area contributed by atoms with Crippen molar-refractivity contribution in [2.75, 3.05) is 32.8 Å². The van der Waals surface area contributed by atoms with Gasteiger partial charge in [0, 0.05) is 32.1 Å². The summed E-state index contributed by atoms with van der Waals surface area (Å²) in [6.45, 7) is 9.37. The van der Waals surface area contributed by atoms with Gasteiger partial charge in [-0.1, -0.05) is 0 Å². The van der Waals surface area contributed by atoms with E-state index >= 15 is 0 Å². The van der Waals surface area contributed by atoms with Crippen molar-refractivity contribution in [1.82, 2.24) is 10.2 Å². The number of morpholine rings is 1. The second-order valence-corrected chi connectivity index (χ2v) is 4.59. The maximum atomic E-state index is 5.72. The van der Waals surface area contributed by atoms with Crippen LogP contribution in [0.3, 0.4) is 0 Å². The first kappa shape index (κ1) is 13.5. The fourth-order valence-electron chi connectivity index (χ4n) is 1.91. The lowest BCUT2D eigenvalue weighted by atomic mass is 10.2. The van der Waals surface area contributed by atoms with Gasteiger partial charge in [0.2, 0.25) is 0 Å². The van der Waals surface area contributed by atoms with Crippen LogP contribution in [-0.2, 0) is 4.74 Å². The molecule has 1 heterocycles. The second kappa shape index (κ2) is 7.67. The average molecular weight is 224 g/mol. The summed E-state index contributed by atoms with van der Waals surface area (Å²) in [7, 11) is 0. The van der Waals surface area contributed by atoms with Gasteiger partial charge in [-0.05, 0) is 26.8 Å². The Hall–Kier alpha value is -0.560. The van der Waals surface area contributed by atoms with Gasteiger partial charge in [-0.3, -0.25) is 4.90 Å². The molecule has 1 aliphatic heterocycles. The minimum Gasteiger partial charge on any atom is -0.374 e. The van der Waals surface area contributed by atoms with Gasteiger partial charge in [-0.2, -0.15) is 0 Å². The summed E-state index contributed by atoms with van der Waals surface area (Å²) in [5, 5.41) is 3.40. The summed E-state index contributed by atoms with van der Waals surface area (Å²) >= 11 is 0. The van der Waals surface area contributed by atoms with Crippen molar-refractivity contribution < 1.29 is 4.74 Å². The summed E-state index contributed by atoms with van der Waals surface area (Å²) in [6, 6.07) is 0.618. The largest absolute Gasteiger partial charge is 0.374 e. The molecule has 1 rings (SSSR count). The molecule has 92 valence electrons. The number of hydrogen-bond donors (Lipinski definition) is 1. The number of nitrogens with one attached hydrogen (secondary N) is 1. The van der Waals surface area contributed by atoms with E-state index in [1.165, 1.54) is 0 Å². The van der Waals surface area contributed by atoms with E-state index in [0.29, 0.717) is 12.1 Å². The molecule has 1 aliphatic rings. The van der Waals surface area contributed by atoms with Crippen molar-refractivity contribution in [2.24, 2.45) is 0 Å². The molecule has 1 fully saturated rings. The monoisotopic (exact) mass is 224 g/mol. The molecular formula is C13H24N2O. The van der Waals surface area contributed by atoms with E-state index < -0.39 is 0 Å². The predicted molar refractivity (Wildman–Crippen MR) is 67.4 cm³/mol. The fraction of sp³-hybridized carbons (Fsp3) is 0.846. The average Bonchev–Trinajstić information content (AvgIpc) is 2.29. The van der Waals surface area contributed by atoms with Crippen molar-refractivity contribution in [3.8, 4) is 12.3 Å². The van der Waals surface area contributed by atoms with Crippen molar-refractivity contribution in [2.45, 2.75) is 38.8 Å². The molecule has 3 nitrogen and oxygen atoms in total. The molecule has 0 bridgehead atoms. The standard InChI is InChI=1S/C13H24N2O/c1-4-5-6-7-14-10-13-11-15(12(2)3)8-9-16-13/h1,12-14H,5-11H2,2-3H3. The Kier molecular flexibility index (Phi) is 6.47. The van der Waals surface area contributed by atoms with Gasteiger partial charge in [-0.25, -0.2) is 0 Å². The zero-order valence-corrected chi connectivity index (χ0v) is 10.5. The Labute approximate surface area is 99.5 Å². The summed E-state index contributed by atoms with van der Waals surface area (Å²) in [5.41, 5.74) is 0. The molecule has 1 saturated heterocycles. The molecular weight excluding hydrogens is 200 g/mol. The van der Waals surface area contributed by atoms with Crippen LogP contribution in [0.25, 0.3) is 0 Å². The molecule has 0 aromatic heterocycles. The highest BCUT2D eigenvalue weighted by molar-refractivity contribution is 4.83. The Morgan fingerprint density at radius 3 is 3.06 bits per heavy atom. The molecule has 0 spiro atoms. The highest BCUT2D eigenvalue weighted by Gasteiger charge is 2.21. The van der Waals surface area contributed by atoms with Crippen LogP contribution in [0.5, 0.6) is 0 Å². The van der Waals surface area contributed by atoms with Crippen LogP contribution in [0.2, 0.25) is 0 Å². The molecule has 3 heteroatoms. The normalized spacial score (nSPS) is 22.2. The zero-order valence-electron chi connectivity index (χ0n) is 10.5. The number of terminal acetylenes is 1. The van der Waals surface area contributed by atoms with E-state index in [1.54, 1.807) is 0 Å². The van der Waals surface area contributed by atoms with Crippen LogP contribution in [0, 0.1) is 12.3 Å². The number of hydrogen-bond acceptors (Lipinski definition) is 3. The molecule has 0 aliphatic carbocycles. The first-order valence-corrected chi connectivity index (χ1v) is 6.24. The Morgan fingerprint density at radius 2 is 2.38 bits per heavy atom. The third kappa shape index (κ3) is 4.98. The van der Waals surface area contributed by atoms with Gasteiger partial charge in [0.15, 0.2) is 0 Å². The van der Waals surface area contributed by atoms with E-state index in [9.17, 15) is 0 Å².